The summed E-state index contributed by atoms with van der Waals surface area (Å²) >= 11 is 0. The first-order chi connectivity index (χ1) is 15.9. The largest absolute Gasteiger partial charge is 0.457 e. The summed E-state index contributed by atoms with van der Waals surface area (Å²) in [4.78, 5) is 26.1. The van der Waals surface area contributed by atoms with E-state index in [4.69, 9.17) is 4.74 Å². The number of amides is 2. The van der Waals surface area contributed by atoms with E-state index in [-0.39, 0.29) is 17.7 Å². The van der Waals surface area contributed by atoms with Crippen LogP contribution in [-0.2, 0) is 9.59 Å². The zero-order chi connectivity index (χ0) is 23.4. The van der Waals surface area contributed by atoms with Crippen LogP contribution in [0.5, 0.6) is 11.5 Å². The van der Waals surface area contributed by atoms with Gasteiger partial charge in [-0.2, -0.15) is 5.10 Å². The van der Waals surface area contributed by atoms with Crippen molar-refractivity contribution in [3.8, 4) is 11.5 Å². The summed E-state index contributed by atoms with van der Waals surface area (Å²) in [5.41, 5.74) is 2.16. The van der Waals surface area contributed by atoms with Gasteiger partial charge in [0.15, 0.2) is 0 Å². The first-order valence-corrected chi connectivity index (χ1v) is 11.0. The van der Waals surface area contributed by atoms with Crippen molar-refractivity contribution in [3.63, 3.8) is 0 Å². The summed E-state index contributed by atoms with van der Waals surface area (Å²) in [6.07, 6.45) is 0. The lowest BCUT2D eigenvalue weighted by Gasteiger charge is -2.26. The average Bonchev–Trinajstić information content (AvgIpc) is 3.22. The van der Waals surface area contributed by atoms with E-state index >= 15 is 0 Å². The van der Waals surface area contributed by atoms with Crippen molar-refractivity contribution >= 4 is 23.2 Å². The Labute approximate surface area is 193 Å². The molecule has 0 spiro atoms. The van der Waals surface area contributed by atoms with Crippen molar-refractivity contribution in [3.05, 3.63) is 90.5 Å². The lowest BCUT2D eigenvalue weighted by atomic mass is 9.84. The Balaban J connectivity index is 1.70. The van der Waals surface area contributed by atoms with Gasteiger partial charge < -0.3 is 10.1 Å². The Kier molecular flexibility index (Phi) is 6.54. The predicted molar refractivity (Wildman–Crippen MR) is 129 cm³/mol. The Bertz CT molecular complexity index is 1160. The maximum absolute atomic E-state index is 13.5. The Hall–Kier alpha value is -3.93. The van der Waals surface area contributed by atoms with Crippen molar-refractivity contribution in [2.45, 2.75) is 26.8 Å². The topological polar surface area (TPSA) is 71.0 Å². The highest BCUT2D eigenvalue weighted by Gasteiger charge is 2.45. The number of carbonyl (C=O) groups is 2. The Morgan fingerprint density at radius 1 is 0.909 bits per heavy atom. The number of nitrogens with zero attached hydrogens (tertiary/aromatic N) is 2. The van der Waals surface area contributed by atoms with Crippen molar-refractivity contribution in [1.82, 2.24) is 5.01 Å². The van der Waals surface area contributed by atoms with Crippen molar-refractivity contribution in [2.75, 3.05) is 5.32 Å². The van der Waals surface area contributed by atoms with Crippen LogP contribution in [0.2, 0.25) is 0 Å². The van der Waals surface area contributed by atoms with Crippen molar-refractivity contribution in [2.24, 2.45) is 16.9 Å². The number of ether oxygens (including phenoxy) is 1. The molecule has 3 aromatic rings. The third-order valence-electron chi connectivity index (χ3n) is 5.54. The second kappa shape index (κ2) is 9.69. The molecule has 0 saturated carbocycles. The van der Waals surface area contributed by atoms with E-state index < -0.39 is 12.0 Å². The molecule has 2 amide bonds. The molecule has 6 heteroatoms. The molecule has 0 aliphatic carbocycles. The third-order valence-corrected chi connectivity index (χ3v) is 5.54. The lowest BCUT2D eigenvalue weighted by molar-refractivity contribution is -0.132. The van der Waals surface area contributed by atoms with Gasteiger partial charge in [0.25, 0.3) is 0 Å². The van der Waals surface area contributed by atoms with Crippen LogP contribution in [0.1, 0.15) is 32.4 Å². The van der Waals surface area contributed by atoms with Gasteiger partial charge in [0.2, 0.25) is 11.8 Å². The van der Waals surface area contributed by atoms with Crippen LogP contribution in [0, 0.1) is 11.8 Å². The highest BCUT2D eigenvalue weighted by molar-refractivity contribution is 6.12. The van der Waals surface area contributed by atoms with E-state index in [9.17, 15) is 9.59 Å². The van der Waals surface area contributed by atoms with Crippen LogP contribution >= 0.6 is 0 Å². The number of carbonyl (C=O) groups excluding carboxylic acids is 2. The molecule has 2 atom stereocenters. The highest BCUT2D eigenvalue weighted by Crippen LogP contribution is 2.40. The van der Waals surface area contributed by atoms with Crippen LogP contribution in [0.3, 0.4) is 0 Å². The monoisotopic (exact) mass is 441 g/mol. The summed E-state index contributed by atoms with van der Waals surface area (Å²) in [6.45, 7) is 5.44. The van der Waals surface area contributed by atoms with Gasteiger partial charge in [-0.1, -0.05) is 62.4 Å². The van der Waals surface area contributed by atoms with Gasteiger partial charge >= 0.3 is 0 Å². The fourth-order valence-corrected chi connectivity index (χ4v) is 4.03. The second-order valence-electron chi connectivity index (χ2n) is 8.31. The molecule has 168 valence electrons. The van der Waals surface area contributed by atoms with E-state index in [1.165, 1.54) is 11.9 Å². The van der Waals surface area contributed by atoms with E-state index in [1.807, 2.05) is 98.8 Å². The summed E-state index contributed by atoms with van der Waals surface area (Å²) < 4.78 is 6.00. The quantitative estimate of drug-likeness (QED) is 0.537. The second-order valence-corrected chi connectivity index (χ2v) is 8.31. The van der Waals surface area contributed by atoms with Gasteiger partial charge in [-0.15, -0.1) is 0 Å². The van der Waals surface area contributed by atoms with Gasteiger partial charge in [-0.25, -0.2) is 5.01 Å². The van der Waals surface area contributed by atoms with Crippen LogP contribution in [-0.4, -0.2) is 22.5 Å². The van der Waals surface area contributed by atoms with Gasteiger partial charge in [-0.3, -0.25) is 9.59 Å². The molecule has 6 nitrogen and oxygen atoms in total. The van der Waals surface area contributed by atoms with Crippen LogP contribution in [0.4, 0.5) is 5.69 Å². The van der Waals surface area contributed by atoms with Crippen LogP contribution in [0.15, 0.2) is 90.0 Å². The molecular formula is C27H27N3O3. The molecule has 1 aliphatic rings. The zero-order valence-corrected chi connectivity index (χ0v) is 18.9. The normalized spacial score (nSPS) is 17.6. The van der Waals surface area contributed by atoms with Crippen LogP contribution in [0.25, 0.3) is 0 Å². The standard InChI is InChI=1S/C27H27N3O3/c1-18(2)25-24(27(32)28-21-12-6-4-7-13-21)26(30(29-25)19(3)31)20-11-10-16-23(17-20)33-22-14-8-5-9-15-22/h4-18,24,26H,1-3H3,(H,28,32). The van der Waals surface area contributed by atoms with Gasteiger partial charge in [-0.05, 0) is 47.9 Å². The molecule has 3 aromatic carbocycles. The molecule has 2 unspecified atom stereocenters. The van der Waals surface area contributed by atoms with E-state index in [0.29, 0.717) is 22.9 Å². The molecule has 0 bridgehead atoms. The molecule has 1 aliphatic heterocycles. The number of benzene rings is 3. The number of anilines is 1. The average molecular weight is 442 g/mol. The smallest absolute Gasteiger partial charge is 0.240 e. The number of rotatable bonds is 6. The number of hydrazone groups is 1. The maximum atomic E-state index is 13.5. The fraction of sp³-hybridized carbons (Fsp3) is 0.222. The van der Waals surface area contributed by atoms with Gasteiger partial charge in [0, 0.05) is 12.6 Å². The predicted octanol–water partition coefficient (Wildman–Crippen LogP) is 5.65. The Morgan fingerprint density at radius 3 is 2.18 bits per heavy atom. The van der Waals surface area contributed by atoms with Crippen molar-refractivity contribution < 1.29 is 14.3 Å². The molecule has 0 radical (unpaired) electrons. The van der Waals surface area contributed by atoms with E-state index in [1.54, 1.807) is 0 Å². The first-order valence-electron chi connectivity index (χ1n) is 11.0. The van der Waals surface area contributed by atoms with E-state index in [2.05, 4.69) is 10.4 Å². The lowest BCUT2D eigenvalue weighted by Crippen LogP contribution is -2.37. The SMILES string of the molecule is CC(=O)N1N=C(C(C)C)C(C(=O)Nc2ccccc2)C1c1cccc(Oc2ccccc2)c1. The summed E-state index contributed by atoms with van der Waals surface area (Å²) in [5.74, 6) is 0.289. The summed E-state index contributed by atoms with van der Waals surface area (Å²) in [5, 5.41) is 9.02. The number of nitrogens with one attached hydrogen (secondary N) is 1. The minimum absolute atomic E-state index is 0.00729. The summed E-state index contributed by atoms with van der Waals surface area (Å²) in [6, 6.07) is 25.7. The summed E-state index contributed by atoms with van der Waals surface area (Å²) in [7, 11) is 0. The van der Waals surface area contributed by atoms with Crippen molar-refractivity contribution in [1.29, 1.82) is 0 Å². The number of hydrogen-bond donors (Lipinski definition) is 1. The number of para-hydroxylation sites is 2. The zero-order valence-electron chi connectivity index (χ0n) is 18.9. The maximum Gasteiger partial charge on any atom is 0.240 e. The molecule has 0 fully saturated rings. The first kappa shape index (κ1) is 22.3. The molecule has 4 rings (SSSR count). The van der Waals surface area contributed by atoms with Gasteiger partial charge in [0.05, 0.1) is 11.8 Å². The highest BCUT2D eigenvalue weighted by atomic mass is 16.5. The molecule has 1 heterocycles. The molecule has 0 saturated heterocycles. The minimum Gasteiger partial charge on any atom is -0.457 e. The van der Waals surface area contributed by atoms with E-state index in [0.717, 1.165) is 5.56 Å². The third kappa shape index (κ3) is 4.95. The Morgan fingerprint density at radius 2 is 1.55 bits per heavy atom. The fourth-order valence-electron chi connectivity index (χ4n) is 4.03. The number of hydrogen-bond acceptors (Lipinski definition) is 4. The molecular weight excluding hydrogens is 414 g/mol. The van der Waals surface area contributed by atoms with Crippen LogP contribution < -0.4 is 10.1 Å². The molecule has 1 N–H and O–H groups in total. The molecule has 33 heavy (non-hydrogen) atoms. The minimum atomic E-state index is -0.624. The molecule has 0 aromatic heterocycles. The van der Waals surface area contributed by atoms with Gasteiger partial charge in [0.1, 0.15) is 17.4 Å².